The van der Waals surface area contributed by atoms with Crippen LogP contribution in [-0.2, 0) is 9.59 Å². The lowest BCUT2D eigenvalue weighted by Gasteiger charge is -2.42. The molecule has 1 saturated heterocycles. The summed E-state index contributed by atoms with van der Waals surface area (Å²) in [4.78, 5) is 26.7. The Kier molecular flexibility index (Phi) is 6.19. The van der Waals surface area contributed by atoms with Crippen LogP contribution in [0.1, 0.15) is 13.8 Å². The summed E-state index contributed by atoms with van der Waals surface area (Å²) in [5.41, 5.74) is 0.682. The third kappa shape index (κ3) is 5.25. The van der Waals surface area contributed by atoms with Crippen molar-refractivity contribution in [2.24, 2.45) is 5.92 Å². The first-order valence-corrected chi connectivity index (χ1v) is 8.31. The van der Waals surface area contributed by atoms with Crippen LogP contribution < -0.4 is 9.64 Å². The zero-order chi connectivity index (χ0) is 20.4. The van der Waals surface area contributed by atoms with Gasteiger partial charge in [0.05, 0.1) is 5.92 Å². The number of carboxylic acid groups (broad SMARTS) is 1. The summed E-state index contributed by atoms with van der Waals surface area (Å²) in [7, 11) is 0. The Morgan fingerprint density at radius 3 is 2.30 bits per heavy atom. The highest BCUT2D eigenvalue weighted by Crippen LogP contribution is 2.27. The van der Waals surface area contributed by atoms with E-state index in [-0.39, 0.29) is 11.8 Å². The maximum absolute atomic E-state index is 12.4. The number of anilines is 1. The molecule has 3 atom stereocenters. The lowest BCUT2D eigenvalue weighted by atomic mass is 10.0. The molecule has 10 heteroatoms. The first-order valence-electron chi connectivity index (χ1n) is 8.31. The van der Waals surface area contributed by atoms with Gasteiger partial charge < -0.3 is 24.7 Å². The van der Waals surface area contributed by atoms with Crippen molar-refractivity contribution in [1.29, 1.82) is 0 Å². The number of alkyl halides is 3. The lowest BCUT2D eigenvalue weighted by molar-refractivity contribution is -0.274. The molecule has 1 unspecified atom stereocenters. The Morgan fingerprint density at radius 1 is 1.22 bits per heavy atom. The van der Waals surface area contributed by atoms with Crippen LogP contribution in [0.25, 0.3) is 0 Å². The lowest BCUT2D eigenvalue weighted by Crippen LogP contribution is -2.56. The van der Waals surface area contributed by atoms with Crippen molar-refractivity contribution in [1.82, 2.24) is 4.90 Å². The van der Waals surface area contributed by atoms with E-state index in [1.54, 1.807) is 6.92 Å². The quantitative estimate of drug-likeness (QED) is 0.796. The number of aliphatic carboxylic acids is 1. The molecule has 0 aromatic heterocycles. The molecule has 0 saturated carbocycles. The van der Waals surface area contributed by atoms with Crippen LogP contribution in [0, 0.1) is 5.92 Å². The Morgan fingerprint density at radius 2 is 1.81 bits per heavy atom. The molecule has 1 amide bonds. The third-order valence-corrected chi connectivity index (χ3v) is 4.46. The summed E-state index contributed by atoms with van der Waals surface area (Å²) in [6.45, 7) is 4.29. The van der Waals surface area contributed by atoms with Gasteiger partial charge in [-0.05, 0) is 31.2 Å². The first-order chi connectivity index (χ1) is 12.5. The van der Waals surface area contributed by atoms with E-state index in [9.17, 15) is 27.9 Å². The Balaban J connectivity index is 2.00. The summed E-state index contributed by atoms with van der Waals surface area (Å²) >= 11 is 0. The van der Waals surface area contributed by atoms with Crippen molar-refractivity contribution in [2.75, 3.05) is 24.5 Å². The summed E-state index contributed by atoms with van der Waals surface area (Å²) < 4.78 is 40.5. The van der Waals surface area contributed by atoms with E-state index < -0.39 is 30.3 Å². The molecule has 27 heavy (non-hydrogen) atoms. The van der Waals surface area contributed by atoms with E-state index in [1.165, 1.54) is 36.1 Å². The molecule has 150 valence electrons. The second-order valence-electron chi connectivity index (χ2n) is 6.44. The van der Waals surface area contributed by atoms with Gasteiger partial charge in [0.2, 0.25) is 5.91 Å². The van der Waals surface area contributed by atoms with Gasteiger partial charge >= 0.3 is 12.3 Å². The van der Waals surface area contributed by atoms with Gasteiger partial charge in [-0.1, -0.05) is 6.92 Å². The van der Waals surface area contributed by atoms with Gasteiger partial charge in [-0.25, -0.2) is 4.79 Å². The zero-order valence-electron chi connectivity index (χ0n) is 14.8. The molecule has 1 fully saturated rings. The number of hydrogen-bond acceptors (Lipinski definition) is 5. The average molecular weight is 390 g/mol. The molecule has 1 aliphatic heterocycles. The number of rotatable bonds is 5. The molecule has 1 aliphatic rings. The van der Waals surface area contributed by atoms with E-state index in [0.717, 1.165) is 0 Å². The van der Waals surface area contributed by atoms with Crippen molar-refractivity contribution in [3.63, 3.8) is 0 Å². The number of carboxylic acids is 1. The van der Waals surface area contributed by atoms with E-state index in [4.69, 9.17) is 5.11 Å². The van der Waals surface area contributed by atoms with Gasteiger partial charge in [0.1, 0.15) is 5.75 Å². The Labute approximate surface area is 153 Å². The maximum Gasteiger partial charge on any atom is 0.573 e. The SMILES string of the molecule is CC(C(=O)N1CCN(c2ccc(OC(F)(F)F)cc2)C[C@H]1C)[C@H](O)C(=O)O. The van der Waals surface area contributed by atoms with Crippen LogP contribution in [0.4, 0.5) is 18.9 Å². The van der Waals surface area contributed by atoms with Gasteiger partial charge in [-0.15, -0.1) is 13.2 Å². The number of halogens is 3. The van der Waals surface area contributed by atoms with Crippen molar-refractivity contribution < 1.29 is 37.7 Å². The second-order valence-corrected chi connectivity index (χ2v) is 6.44. The predicted molar refractivity (Wildman–Crippen MR) is 89.3 cm³/mol. The molecular formula is C17H21F3N2O5. The van der Waals surface area contributed by atoms with Gasteiger partial charge in [0, 0.05) is 31.4 Å². The van der Waals surface area contributed by atoms with Crippen LogP contribution in [0.5, 0.6) is 5.75 Å². The monoisotopic (exact) mass is 390 g/mol. The summed E-state index contributed by atoms with van der Waals surface area (Å²) in [6, 6.07) is 5.18. The second kappa shape index (κ2) is 8.03. The average Bonchev–Trinajstić information content (AvgIpc) is 2.59. The maximum atomic E-state index is 12.4. The Bertz CT molecular complexity index is 680. The van der Waals surface area contributed by atoms with Gasteiger partial charge in [-0.2, -0.15) is 0 Å². The van der Waals surface area contributed by atoms with Crippen molar-refractivity contribution in [2.45, 2.75) is 32.4 Å². The van der Waals surface area contributed by atoms with Crippen LogP contribution >= 0.6 is 0 Å². The fourth-order valence-corrected chi connectivity index (χ4v) is 2.99. The number of aliphatic hydroxyl groups excluding tert-OH is 1. The molecule has 0 bridgehead atoms. The largest absolute Gasteiger partial charge is 0.573 e. The number of benzene rings is 1. The van der Waals surface area contributed by atoms with Crippen molar-refractivity contribution >= 4 is 17.6 Å². The molecule has 2 N–H and O–H groups in total. The number of ether oxygens (including phenoxy) is 1. The molecular weight excluding hydrogens is 369 g/mol. The number of carbonyl (C=O) groups is 2. The minimum atomic E-state index is -4.75. The van der Waals surface area contributed by atoms with E-state index in [0.29, 0.717) is 25.3 Å². The van der Waals surface area contributed by atoms with Gasteiger partial charge in [0.15, 0.2) is 6.10 Å². The molecule has 1 heterocycles. The molecule has 0 aliphatic carbocycles. The topological polar surface area (TPSA) is 90.3 Å². The number of piperazine rings is 1. The minimum Gasteiger partial charge on any atom is -0.479 e. The summed E-state index contributed by atoms with van der Waals surface area (Å²) in [5.74, 6) is -3.30. The molecule has 0 spiro atoms. The number of amides is 1. The fraction of sp³-hybridized carbons (Fsp3) is 0.529. The highest BCUT2D eigenvalue weighted by atomic mass is 19.4. The summed E-state index contributed by atoms with van der Waals surface area (Å²) in [5, 5.41) is 18.4. The van der Waals surface area contributed by atoms with Gasteiger partial charge in [-0.3, -0.25) is 4.79 Å². The molecule has 1 aromatic rings. The highest BCUT2D eigenvalue weighted by molar-refractivity contribution is 5.86. The number of hydrogen-bond donors (Lipinski definition) is 2. The van der Waals surface area contributed by atoms with Crippen LogP contribution in [-0.4, -0.2) is 65.1 Å². The van der Waals surface area contributed by atoms with E-state index >= 15 is 0 Å². The van der Waals surface area contributed by atoms with E-state index in [2.05, 4.69) is 4.74 Å². The third-order valence-electron chi connectivity index (χ3n) is 4.46. The van der Waals surface area contributed by atoms with Crippen molar-refractivity contribution in [3.8, 4) is 5.75 Å². The van der Waals surface area contributed by atoms with Crippen LogP contribution in [0.15, 0.2) is 24.3 Å². The van der Waals surface area contributed by atoms with Gasteiger partial charge in [0.25, 0.3) is 0 Å². The Hall–Kier alpha value is -2.49. The summed E-state index contributed by atoms with van der Waals surface area (Å²) in [6.07, 6.45) is -6.52. The molecule has 0 radical (unpaired) electrons. The first kappa shape index (κ1) is 20.8. The fourth-order valence-electron chi connectivity index (χ4n) is 2.99. The number of nitrogens with zero attached hydrogens (tertiary/aromatic N) is 2. The van der Waals surface area contributed by atoms with Crippen LogP contribution in [0.3, 0.4) is 0 Å². The zero-order valence-corrected chi connectivity index (χ0v) is 14.8. The molecule has 7 nitrogen and oxygen atoms in total. The van der Waals surface area contributed by atoms with Crippen LogP contribution in [0.2, 0.25) is 0 Å². The standard InChI is InChI=1S/C17H21F3N2O5/c1-10-9-21(12-3-5-13(6-4-12)27-17(18,19)20)7-8-22(10)15(24)11(2)14(23)16(25)26/h3-6,10-11,14,23H,7-9H2,1-2H3,(H,25,26)/t10-,11?,14+/m1/s1. The molecule has 2 rings (SSSR count). The minimum absolute atomic E-state index is 0.263. The molecule has 1 aromatic carbocycles. The highest BCUT2D eigenvalue weighted by Gasteiger charge is 2.35. The van der Waals surface area contributed by atoms with E-state index in [1.807, 2.05) is 4.90 Å². The number of aliphatic hydroxyl groups is 1. The smallest absolute Gasteiger partial charge is 0.479 e. The number of carbonyl (C=O) groups excluding carboxylic acids is 1. The predicted octanol–water partition coefficient (Wildman–Crippen LogP) is 1.70. The van der Waals surface area contributed by atoms with Crippen molar-refractivity contribution in [3.05, 3.63) is 24.3 Å². The normalized spacial score (nSPS) is 20.1.